The second kappa shape index (κ2) is 7.68. The molecule has 2 fully saturated rings. The number of nitrogens with zero attached hydrogens (tertiary/aromatic N) is 1. The zero-order valence-corrected chi connectivity index (χ0v) is 15.6. The summed E-state index contributed by atoms with van der Waals surface area (Å²) in [5.74, 6) is 1.41. The van der Waals surface area contributed by atoms with Crippen molar-refractivity contribution in [2.24, 2.45) is 5.92 Å². The van der Waals surface area contributed by atoms with E-state index in [2.05, 4.69) is 25.9 Å². The van der Waals surface area contributed by atoms with Crippen molar-refractivity contribution in [2.45, 2.75) is 50.6 Å². The highest BCUT2D eigenvalue weighted by Crippen LogP contribution is 2.48. The first-order valence-electron chi connectivity index (χ1n) is 9.85. The van der Waals surface area contributed by atoms with Gasteiger partial charge in [-0.25, -0.2) is 4.98 Å². The van der Waals surface area contributed by atoms with Crippen LogP contribution >= 0.6 is 0 Å². The second-order valence-corrected chi connectivity index (χ2v) is 7.77. The van der Waals surface area contributed by atoms with Gasteiger partial charge in [0.05, 0.1) is 11.0 Å². The smallest absolute Gasteiger partial charge is 0.242 e. The number of H-pyrrole nitrogens is 1. The van der Waals surface area contributed by atoms with E-state index < -0.39 is 6.04 Å². The van der Waals surface area contributed by atoms with E-state index in [-0.39, 0.29) is 17.9 Å². The van der Waals surface area contributed by atoms with E-state index in [9.17, 15) is 9.59 Å². The van der Waals surface area contributed by atoms with E-state index in [0.717, 1.165) is 49.2 Å². The Hall–Kier alpha value is -2.41. The summed E-state index contributed by atoms with van der Waals surface area (Å²) in [4.78, 5) is 32.6. The Kier molecular flexibility index (Phi) is 5.11. The molecule has 2 aliphatic rings. The summed E-state index contributed by atoms with van der Waals surface area (Å²) in [5.41, 5.74) is 2.00. The van der Waals surface area contributed by atoms with Crippen LogP contribution in [0.2, 0.25) is 0 Å². The molecule has 7 heteroatoms. The Bertz CT molecular complexity index is 794. The third kappa shape index (κ3) is 4.30. The van der Waals surface area contributed by atoms with Crippen molar-refractivity contribution in [2.75, 3.05) is 13.1 Å². The molecule has 1 saturated carbocycles. The molecule has 4 rings (SSSR count). The van der Waals surface area contributed by atoms with Gasteiger partial charge in [-0.05, 0) is 57.3 Å². The molecule has 0 bridgehead atoms. The van der Waals surface area contributed by atoms with Crippen molar-refractivity contribution < 1.29 is 9.59 Å². The van der Waals surface area contributed by atoms with E-state index in [1.807, 2.05) is 24.3 Å². The number of benzene rings is 1. The lowest BCUT2D eigenvalue weighted by Gasteiger charge is -2.25. The average molecular weight is 369 g/mol. The van der Waals surface area contributed by atoms with Gasteiger partial charge in [0.1, 0.15) is 11.9 Å². The van der Waals surface area contributed by atoms with Gasteiger partial charge in [0, 0.05) is 18.4 Å². The number of carbonyl (C=O) groups excluding carboxylic acids is 2. The Morgan fingerprint density at radius 2 is 2.04 bits per heavy atom. The highest BCUT2D eigenvalue weighted by atomic mass is 16.2. The number of fused-ring (bicyclic) bond motifs is 1. The molecular weight excluding hydrogens is 342 g/mol. The van der Waals surface area contributed by atoms with Crippen molar-refractivity contribution >= 4 is 22.8 Å². The number of amides is 2. The Labute approximate surface area is 158 Å². The molecule has 1 aliphatic carbocycles. The molecule has 0 unspecified atom stereocenters. The number of nitrogens with one attached hydrogen (secondary N) is 4. The van der Waals surface area contributed by atoms with Gasteiger partial charge in [-0.15, -0.1) is 0 Å². The fourth-order valence-electron chi connectivity index (χ4n) is 3.85. The minimum absolute atomic E-state index is 0.0634. The molecule has 144 valence electrons. The molecule has 4 N–H and O–H groups in total. The third-order valence-electron chi connectivity index (χ3n) is 5.59. The van der Waals surface area contributed by atoms with Gasteiger partial charge in [0.15, 0.2) is 0 Å². The maximum Gasteiger partial charge on any atom is 0.242 e. The number of piperidine rings is 1. The highest BCUT2D eigenvalue weighted by Gasteiger charge is 2.42. The molecule has 7 nitrogen and oxygen atoms in total. The third-order valence-corrected chi connectivity index (χ3v) is 5.59. The zero-order chi connectivity index (χ0) is 18.8. The number of hydrogen-bond acceptors (Lipinski definition) is 4. The van der Waals surface area contributed by atoms with E-state index >= 15 is 0 Å². The molecule has 2 aromatic rings. The fourth-order valence-corrected chi connectivity index (χ4v) is 3.85. The lowest BCUT2D eigenvalue weighted by atomic mass is 10.1. The molecule has 1 aromatic carbocycles. The second-order valence-electron chi connectivity index (χ2n) is 7.77. The van der Waals surface area contributed by atoms with Crippen molar-refractivity contribution in [3.8, 4) is 0 Å². The van der Waals surface area contributed by atoms with Gasteiger partial charge in [-0.3, -0.25) is 9.59 Å². The standard InChI is InChI=1S/C20H27N5O2/c1-12(20(27)23-14-6-8-21-9-7-14)22-18(26)11-13-10-15(13)19-24-16-4-2-3-5-17(16)25-19/h2-5,12-15,21H,6-11H2,1H3,(H,22,26)(H,23,27)(H,24,25)/t12-,13-,15-/m0/s1. The topological polar surface area (TPSA) is 98.9 Å². The quantitative estimate of drug-likeness (QED) is 0.619. The van der Waals surface area contributed by atoms with Crippen LogP contribution in [0.15, 0.2) is 24.3 Å². The lowest BCUT2D eigenvalue weighted by Crippen LogP contribution is -2.50. The number of aromatic nitrogens is 2. The predicted octanol–water partition coefficient (Wildman–Crippen LogP) is 1.43. The molecule has 0 radical (unpaired) electrons. The van der Waals surface area contributed by atoms with Crippen LogP contribution in [0.3, 0.4) is 0 Å². The number of rotatable bonds is 6. The fraction of sp³-hybridized carbons (Fsp3) is 0.550. The molecular formula is C20H27N5O2. The van der Waals surface area contributed by atoms with E-state index in [0.29, 0.717) is 18.3 Å². The number of aromatic amines is 1. The summed E-state index contributed by atoms with van der Waals surface area (Å²) in [6.45, 7) is 3.60. The first-order chi connectivity index (χ1) is 13.1. The minimum atomic E-state index is -0.504. The number of imidazole rings is 1. The Balaban J connectivity index is 1.24. The summed E-state index contributed by atoms with van der Waals surface area (Å²) < 4.78 is 0. The predicted molar refractivity (Wildman–Crippen MR) is 103 cm³/mol. The average Bonchev–Trinajstić information content (AvgIpc) is 3.28. The van der Waals surface area contributed by atoms with Gasteiger partial charge < -0.3 is 20.9 Å². The van der Waals surface area contributed by atoms with Crippen LogP contribution in [0.1, 0.15) is 44.3 Å². The summed E-state index contributed by atoms with van der Waals surface area (Å²) in [5, 5.41) is 9.15. The number of hydrogen-bond donors (Lipinski definition) is 4. The van der Waals surface area contributed by atoms with Crippen molar-refractivity contribution in [3.05, 3.63) is 30.1 Å². The molecule has 1 aromatic heterocycles. The summed E-state index contributed by atoms with van der Waals surface area (Å²) in [6.07, 6.45) is 3.27. The number of para-hydroxylation sites is 2. The van der Waals surface area contributed by atoms with Crippen molar-refractivity contribution in [3.63, 3.8) is 0 Å². The maximum absolute atomic E-state index is 12.3. The van der Waals surface area contributed by atoms with E-state index in [1.165, 1.54) is 0 Å². The molecule has 3 atom stereocenters. The molecule has 2 heterocycles. The van der Waals surface area contributed by atoms with Crippen molar-refractivity contribution in [1.29, 1.82) is 0 Å². The van der Waals surface area contributed by atoms with Crippen LogP contribution in [0, 0.1) is 5.92 Å². The Morgan fingerprint density at radius 3 is 2.81 bits per heavy atom. The number of carbonyl (C=O) groups is 2. The molecule has 2 amide bonds. The van der Waals surface area contributed by atoms with Gasteiger partial charge in [0.2, 0.25) is 11.8 Å². The first kappa shape index (κ1) is 18.0. The Morgan fingerprint density at radius 1 is 1.26 bits per heavy atom. The molecule has 1 saturated heterocycles. The van der Waals surface area contributed by atoms with E-state index in [4.69, 9.17) is 0 Å². The van der Waals surface area contributed by atoms with Gasteiger partial charge in [-0.2, -0.15) is 0 Å². The van der Waals surface area contributed by atoms with Crippen LogP contribution in [0.4, 0.5) is 0 Å². The highest BCUT2D eigenvalue weighted by molar-refractivity contribution is 5.87. The first-order valence-corrected chi connectivity index (χ1v) is 9.85. The maximum atomic E-state index is 12.3. The van der Waals surface area contributed by atoms with E-state index in [1.54, 1.807) is 6.92 Å². The summed E-state index contributed by atoms with van der Waals surface area (Å²) in [6, 6.07) is 7.66. The van der Waals surface area contributed by atoms with Gasteiger partial charge in [-0.1, -0.05) is 12.1 Å². The molecule has 0 spiro atoms. The molecule has 1 aliphatic heterocycles. The summed E-state index contributed by atoms with van der Waals surface area (Å²) in [7, 11) is 0. The van der Waals surface area contributed by atoms with Crippen LogP contribution in [0.5, 0.6) is 0 Å². The largest absolute Gasteiger partial charge is 0.351 e. The van der Waals surface area contributed by atoms with Crippen LogP contribution < -0.4 is 16.0 Å². The zero-order valence-electron chi connectivity index (χ0n) is 15.6. The van der Waals surface area contributed by atoms with Crippen LogP contribution in [0.25, 0.3) is 11.0 Å². The lowest BCUT2D eigenvalue weighted by molar-refractivity contribution is -0.129. The summed E-state index contributed by atoms with van der Waals surface area (Å²) >= 11 is 0. The SMILES string of the molecule is C[C@H](NC(=O)C[C@@H]1C[C@@H]1c1nc2ccccc2[nH]1)C(=O)NC1CCNCC1. The van der Waals surface area contributed by atoms with Gasteiger partial charge in [0.25, 0.3) is 0 Å². The van der Waals surface area contributed by atoms with Crippen LogP contribution in [-0.4, -0.2) is 47.0 Å². The minimum Gasteiger partial charge on any atom is -0.351 e. The van der Waals surface area contributed by atoms with Crippen LogP contribution in [-0.2, 0) is 9.59 Å². The van der Waals surface area contributed by atoms with Crippen molar-refractivity contribution in [1.82, 2.24) is 25.9 Å². The molecule has 27 heavy (non-hydrogen) atoms. The monoisotopic (exact) mass is 369 g/mol. The normalized spacial score (nSPS) is 23.7. The van der Waals surface area contributed by atoms with Gasteiger partial charge >= 0.3 is 0 Å².